The summed E-state index contributed by atoms with van der Waals surface area (Å²) >= 11 is 5.18. The minimum atomic E-state index is -0.439. The summed E-state index contributed by atoms with van der Waals surface area (Å²) in [7, 11) is 6.07. The minimum absolute atomic E-state index is 0.267. The van der Waals surface area contributed by atoms with Crippen molar-refractivity contribution in [2.45, 2.75) is 6.54 Å². The molecular weight excluding hydrogens is 382 g/mol. The molecule has 0 aliphatic heterocycles. The van der Waals surface area contributed by atoms with Crippen LogP contribution in [0.15, 0.2) is 36.4 Å². The molecule has 0 unspecified atom stereocenters. The molecule has 28 heavy (non-hydrogen) atoms. The van der Waals surface area contributed by atoms with Crippen molar-refractivity contribution in [1.82, 2.24) is 16.2 Å². The number of nitrogens with one attached hydrogen (secondary N) is 3. The van der Waals surface area contributed by atoms with Crippen LogP contribution in [0.4, 0.5) is 0 Å². The van der Waals surface area contributed by atoms with Crippen LogP contribution in [-0.2, 0) is 6.54 Å². The van der Waals surface area contributed by atoms with Gasteiger partial charge >= 0.3 is 0 Å². The van der Waals surface area contributed by atoms with Crippen LogP contribution in [0.1, 0.15) is 15.9 Å². The molecule has 150 valence electrons. The van der Waals surface area contributed by atoms with Crippen molar-refractivity contribution < 1.29 is 23.7 Å². The molecule has 1 amide bonds. The fourth-order valence-corrected chi connectivity index (χ4v) is 2.48. The third kappa shape index (κ3) is 5.40. The third-order valence-electron chi connectivity index (χ3n) is 3.85. The molecule has 0 saturated heterocycles. The van der Waals surface area contributed by atoms with Crippen LogP contribution in [0.2, 0.25) is 0 Å². The standard InChI is InChI=1S/C19H23N3O5S/c1-24-13-7-5-12(6-8-13)11-20-19(28)22-21-18(23)14-9-16(26-3)17(27-4)10-15(14)25-2/h5-10H,11H2,1-4H3,(H,21,23)(H2,20,22,28). The molecule has 0 aliphatic carbocycles. The van der Waals surface area contributed by atoms with Gasteiger partial charge in [0.15, 0.2) is 16.6 Å². The van der Waals surface area contributed by atoms with Crippen LogP contribution < -0.4 is 35.1 Å². The van der Waals surface area contributed by atoms with Gasteiger partial charge in [-0.15, -0.1) is 0 Å². The second kappa shape index (κ2) is 10.2. The van der Waals surface area contributed by atoms with Crippen LogP contribution in [0.3, 0.4) is 0 Å². The first-order valence-corrected chi connectivity index (χ1v) is 8.70. The van der Waals surface area contributed by atoms with Gasteiger partial charge in [0.05, 0.1) is 34.0 Å². The molecule has 9 heteroatoms. The molecule has 3 N–H and O–H groups in total. The Balaban J connectivity index is 1.94. The summed E-state index contributed by atoms with van der Waals surface area (Å²) in [5, 5.41) is 3.27. The summed E-state index contributed by atoms with van der Waals surface area (Å²) in [6.45, 7) is 0.491. The van der Waals surface area contributed by atoms with E-state index in [1.54, 1.807) is 13.2 Å². The quantitative estimate of drug-likeness (QED) is 0.476. The van der Waals surface area contributed by atoms with Gasteiger partial charge in [0.2, 0.25) is 0 Å². The highest BCUT2D eigenvalue weighted by Crippen LogP contribution is 2.34. The van der Waals surface area contributed by atoms with E-state index in [1.807, 2.05) is 24.3 Å². The molecule has 8 nitrogen and oxygen atoms in total. The summed E-state index contributed by atoms with van der Waals surface area (Å²) in [4.78, 5) is 12.5. The molecule has 2 rings (SSSR count). The zero-order valence-corrected chi connectivity index (χ0v) is 16.9. The van der Waals surface area contributed by atoms with E-state index in [4.69, 9.17) is 31.2 Å². The van der Waals surface area contributed by atoms with Crippen LogP contribution in [0.5, 0.6) is 23.0 Å². The van der Waals surface area contributed by atoms with E-state index < -0.39 is 5.91 Å². The van der Waals surface area contributed by atoms with Crippen molar-refractivity contribution in [2.75, 3.05) is 28.4 Å². The molecule has 0 atom stereocenters. The first kappa shape index (κ1) is 21.1. The van der Waals surface area contributed by atoms with E-state index in [9.17, 15) is 4.79 Å². The normalized spacial score (nSPS) is 9.86. The average molecular weight is 405 g/mol. The van der Waals surface area contributed by atoms with Crippen LogP contribution in [-0.4, -0.2) is 39.5 Å². The van der Waals surface area contributed by atoms with E-state index in [0.717, 1.165) is 11.3 Å². The number of methoxy groups -OCH3 is 4. The Labute approximate surface area is 169 Å². The Morgan fingerprint density at radius 1 is 0.857 bits per heavy atom. The number of carbonyl (C=O) groups excluding carboxylic acids is 1. The average Bonchev–Trinajstić information content (AvgIpc) is 2.75. The summed E-state index contributed by atoms with van der Waals surface area (Å²) in [6, 6.07) is 10.7. The topological polar surface area (TPSA) is 90.1 Å². The maximum atomic E-state index is 12.5. The first-order valence-electron chi connectivity index (χ1n) is 8.29. The van der Waals surface area contributed by atoms with Crippen molar-refractivity contribution in [3.05, 3.63) is 47.5 Å². The second-order valence-corrected chi connectivity index (χ2v) is 5.93. The molecule has 0 radical (unpaired) electrons. The Morgan fingerprint density at radius 3 is 2.04 bits per heavy atom. The van der Waals surface area contributed by atoms with Crippen molar-refractivity contribution in [1.29, 1.82) is 0 Å². The monoisotopic (exact) mass is 405 g/mol. The maximum Gasteiger partial charge on any atom is 0.273 e. The highest BCUT2D eigenvalue weighted by Gasteiger charge is 2.17. The Morgan fingerprint density at radius 2 is 1.46 bits per heavy atom. The van der Waals surface area contributed by atoms with Gasteiger partial charge in [0.25, 0.3) is 5.91 Å². The lowest BCUT2D eigenvalue weighted by Crippen LogP contribution is -2.46. The second-order valence-electron chi connectivity index (χ2n) is 5.52. The number of ether oxygens (including phenoxy) is 4. The molecule has 0 aliphatic rings. The van der Waals surface area contributed by atoms with Gasteiger partial charge in [-0.1, -0.05) is 12.1 Å². The van der Waals surface area contributed by atoms with Crippen molar-refractivity contribution in [2.24, 2.45) is 0 Å². The predicted octanol–water partition coefficient (Wildman–Crippen LogP) is 2.03. The molecule has 2 aromatic rings. The summed E-state index contributed by atoms with van der Waals surface area (Å²) in [5.41, 5.74) is 6.47. The largest absolute Gasteiger partial charge is 0.497 e. The Bertz CT molecular complexity index is 827. The van der Waals surface area contributed by atoms with Crippen LogP contribution >= 0.6 is 12.2 Å². The zero-order valence-electron chi connectivity index (χ0n) is 16.1. The molecule has 0 heterocycles. The maximum absolute atomic E-state index is 12.5. The number of rotatable bonds is 7. The SMILES string of the molecule is COc1ccc(CNC(=S)NNC(=O)c2cc(OC)c(OC)cc2OC)cc1. The van der Waals surface area contributed by atoms with Gasteiger partial charge in [-0.25, -0.2) is 0 Å². The van der Waals surface area contributed by atoms with Gasteiger partial charge < -0.3 is 24.3 Å². The van der Waals surface area contributed by atoms with Crippen LogP contribution in [0.25, 0.3) is 0 Å². The predicted molar refractivity (Wildman–Crippen MR) is 109 cm³/mol. The summed E-state index contributed by atoms with van der Waals surface area (Å²) in [6.07, 6.45) is 0. The van der Waals surface area contributed by atoms with Gasteiger partial charge in [0, 0.05) is 18.7 Å². The molecule has 0 saturated carbocycles. The van der Waals surface area contributed by atoms with Crippen molar-refractivity contribution in [3.63, 3.8) is 0 Å². The third-order valence-corrected chi connectivity index (χ3v) is 4.10. The van der Waals surface area contributed by atoms with E-state index >= 15 is 0 Å². The minimum Gasteiger partial charge on any atom is -0.497 e. The molecule has 2 aromatic carbocycles. The van der Waals surface area contributed by atoms with E-state index in [2.05, 4.69) is 16.2 Å². The van der Waals surface area contributed by atoms with Crippen LogP contribution in [0, 0.1) is 0 Å². The smallest absolute Gasteiger partial charge is 0.273 e. The van der Waals surface area contributed by atoms with E-state index in [0.29, 0.717) is 23.8 Å². The highest BCUT2D eigenvalue weighted by molar-refractivity contribution is 7.80. The molecule has 0 fully saturated rings. The highest BCUT2D eigenvalue weighted by atomic mass is 32.1. The number of hydrogen-bond donors (Lipinski definition) is 3. The van der Waals surface area contributed by atoms with E-state index in [-0.39, 0.29) is 10.7 Å². The summed E-state index contributed by atoms with van der Waals surface area (Å²) in [5.74, 6) is 1.55. The van der Waals surface area contributed by atoms with E-state index in [1.165, 1.54) is 27.4 Å². The number of hydrazine groups is 1. The lowest BCUT2D eigenvalue weighted by atomic mass is 10.1. The number of hydrogen-bond acceptors (Lipinski definition) is 6. The lowest BCUT2D eigenvalue weighted by molar-refractivity contribution is 0.0940. The molecular formula is C19H23N3O5S. The van der Waals surface area contributed by atoms with Crippen molar-refractivity contribution in [3.8, 4) is 23.0 Å². The van der Waals surface area contributed by atoms with Gasteiger partial charge in [-0.05, 0) is 29.9 Å². The summed E-state index contributed by atoms with van der Waals surface area (Å²) < 4.78 is 20.8. The Kier molecular flexibility index (Phi) is 7.70. The van der Waals surface area contributed by atoms with Gasteiger partial charge in [-0.2, -0.15) is 0 Å². The van der Waals surface area contributed by atoms with Crippen molar-refractivity contribution >= 4 is 23.2 Å². The molecule has 0 bridgehead atoms. The number of thiocarbonyl (C=S) groups is 1. The number of carbonyl (C=O) groups is 1. The van der Waals surface area contributed by atoms with Gasteiger partial charge in [-0.3, -0.25) is 15.6 Å². The fourth-order valence-electron chi connectivity index (χ4n) is 2.36. The molecule has 0 spiro atoms. The van der Waals surface area contributed by atoms with Gasteiger partial charge in [0.1, 0.15) is 11.5 Å². The fraction of sp³-hybridized carbons (Fsp3) is 0.263. The lowest BCUT2D eigenvalue weighted by Gasteiger charge is -2.15. The number of amides is 1. The zero-order chi connectivity index (χ0) is 20.5. The molecule has 0 aromatic heterocycles. The number of benzene rings is 2. The Hall–Kier alpha value is -3.20. The first-order chi connectivity index (χ1) is 13.5.